The maximum atomic E-state index is 12.1. The molecule has 0 atom stereocenters. The van der Waals surface area contributed by atoms with Crippen molar-refractivity contribution in [2.75, 3.05) is 5.43 Å². The smallest absolute Gasteiger partial charge is 0.264 e. The van der Waals surface area contributed by atoms with Crippen molar-refractivity contribution in [2.24, 2.45) is 5.10 Å². The van der Waals surface area contributed by atoms with E-state index in [4.69, 9.17) is 12.2 Å². The van der Waals surface area contributed by atoms with Gasteiger partial charge in [-0.3, -0.25) is 19.8 Å². The van der Waals surface area contributed by atoms with E-state index in [1.807, 2.05) is 42.5 Å². The number of nitrogens with one attached hydrogen (secondary N) is 2. The van der Waals surface area contributed by atoms with E-state index in [0.29, 0.717) is 0 Å². The summed E-state index contributed by atoms with van der Waals surface area (Å²) >= 11 is 5.13. The fourth-order valence-corrected chi connectivity index (χ4v) is 3.16. The lowest BCUT2D eigenvalue weighted by molar-refractivity contribution is 0.405. The van der Waals surface area contributed by atoms with Gasteiger partial charge in [-0.25, -0.2) is 0 Å². The standard InChI is InChI=1S/C18H16N4O2S/c23-16-14(17(24)22(12-8-9-12)18(25)20-16)10-19-21-15-7-3-5-11-4-1-2-6-13(11)15/h1-7,10,12,21,24H,8-9H2,(H,20,23,25). The number of aromatic amines is 1. The average Bonchev–Trinajstić information content (AvgIpc) is 3.42. The molecule has 0 aliphatic heterocycles. The molecule has 2 aromatic carbocycles. The number of hydrogen-bond acceptors (Lipinski definition) is 5. The molecule has 4 rings (SSSR count). The van der Waals surface area contributed by atoms with E-state index in [1.165, 1.54) is 6.21 Å². The minimum absolute atomic E-state index is 0.0910. The fraction of sp³-hybridized carbons (Fsp3) is 0.167. The maximum Gasteiger partial charge on any atom is 0.264 e. The van der Waals surface area contributed by atoms with E-state index in [2.05, 4.69) is 15.5 Å². The van der Waals surface area contributed by atoms with Crippen LogP contribution in [0.2, 0.25) is 0 Å². The summed E-state index contributed by atoms with van der Waals surface area (Å²) in [5.74, 6) is -0.139. The summed E-state index contributed by atoms with van der Waals surface area (Å²) in [6, 6.07) is 13.9. The number of hydrazone groups is 1. The molecular formula is C18H16N4O2S. The van der Waals surface area contributed by atoms with Crippen LogP contribution in [-0.4, -0.2) is 20.9 Å². The summed E-state index contributed by atoms with van der Waals surface area (Å²) in [5, 5.41) is 16.6. The van der Waals surface area contributed by atoms with Crippen LogP contribution in [0.5, 0.6) is 5.88 Å². The molecular weight excluding hydrogens is 336 g/mol. The Kier molecular flexibility index (Phi) is 3.85. The Hall–Kier alpha value is -2.93. The lowest BCUT2D eigenvalue weighted by atomic mass is 10.1. The predicted octanol–water partition coefficient (Wildman–Crippen LogP) is 3.55. The number of nitrogens with zero attached hydrogens (tertiary/aromatic N) is 2. The number of rotatable bonds is 4. The number of aromatic hydroxyl groups is 1. The van der Waals surface area contributed by atoms with Crippen molar-refractivity contribution in [1.29, 1.82) is 0 Å². The van der Waals surface area contributed by atoms with Crippen molar-refractivity contribution in [2.45, 2.75) is 18.9 Å². The highest BCUT2D eigenvalue weighted by molar-refractivity contribution is 7.71. The molecule has 0 amide bonds. The third-order valence-corrected chi connectivity index (χ3v) is 4.53. The molecule has 1 saturated carbocycles. The second kappa shape index (κ2) is 6.18. The molecule has 6 nitrogen and oxygen atoms in total. The summed E-state index contributed by atoms with van der Waals surface area (Å²) < 4.78 is 1.82. The Morgan fingerprint density at radius 2 is 2.00 bits per heavy atom. The first-order chi connectivity index (χ1) is 12.1. The Bertz CT molecular complexity index is 1090. The monoisotopic (exact) mass is 352 g/mol. The highest BCUT2D eigenvalue weighted by Gasteiger charge is 2.27. The van der Waals surface area contributed by atoms with Crippen LogP contribution in [0.25, 0.3) is 10.8 Å². The lowest BCUT2D eigenvalue weighted by Gasteiger charge is -2.09. The number of anilines is 1. The molecule has 0 saturated heterocycles. The lowest BCUT2D eigenvalue weighted by Crippen LogP contribution is -2.18. The fourth-order valence-electron chi connectivity index (χ4n) is 2.83. The van der Waals surface area contributed by atoms with Gasteiger partial charge >= 0.3 is 0 Å². The molecule has 126 valence electrons. The molecule has 1 aliphatic carbocycles. The Balaban J connectivity index is 1.67. The van der Waals surface area contributed by atoms with E-state index in [0.717, 1.165) is 29.3 Å². The quantitative estimate of drug-likeness (QED) is 0.381. The third kappa shape index (κ3) is 2.94. The minimum Gasteiger partial charge on any atom is -0.494 e. The van der Waals surface area contributed by atoms with Crippen molar-refractivity contribution in [3.8, 4) is 5.88 Å². The summed E-state index contributed by atoms with van der Waals surface area (Å²) in [5.41, 5.74) is 3.39. The van der Waals surface area contributed by atoms with Crippen LogP contribution >= 0.6 is 12.2 Å². The largest absolute Gasteiger partial charge is 0.494 e. The Morgan fingerprint density at radius 1 is 1.24 bits per heavy atom. The van der Waals surface area contributed by atoms with Gasteiger partial charge in [0.15, 0.2) is 4.77 Å². The number of fused-ring (bicyclic) bond motifs is 1. The summed E-state index contributed by atoms with van der Waals surface area (Å²) in [6.07, 6.45) is 3.21. The highest BCUT2D eigenvalue weighted by Crippen LogP contribution is 2.37. The van der Waals surface area contributed by atoms with E-state index in [-0.39, 0.29) is 22.3 Å². The van der Waals surface area contributed by atoms with E-state index in [9.17, 15) is 9.90 Å². The summed E-state index contributed by atoms with van der Waals surface area (Å²) in [4.78, 5) is 14.7. The molecule has 25 heavy (non-hydrogen) atoms. The molecule has 3 N–H and O–H groups in total. The van der Waals surface area contributed by atoms with E-state index >= 15 is 0 Å². The molecule has 1 heterocycles. The topological polar surface area (TPSA) is 82.4 Å². The van der Waals surface area contributed by atoms with Crippen LogP contribution in [0, 0.1) is 4.77 Å². The van der Waals surface area contributed by atoms with Gasteiger partial charge in [-0.15, -0.1) is 0 Å². The van der Waals surface area contributed by atoms with Gasteiger partial charge in [0, 0.05) is 11.4 Å². The molecule has 0 unspecified atom stereocenters. The molecule has 1 fully saturated rings. The van der Waals surface area contributed by atoms with Crippen LogP contribution < -0.4 is 11.0 Å². The highest BCUT2D eigenvalue weighted by atomic mass is 32.1. The normalized spacial score (nSPS) is 14.2. The summed E-state index contributed by atoms with van der Waals surface area (Å²) in [7, 11) is 0. The van der Waals surface area contributed by atoms with Gasteiger partial charge in [0.25, 0.3) is 5.56 Å². The first-order valence-electron chi connectivity index (χ1n) is 8.00. The molecule has 0 spiro atoms. The van der Waals surface area contributed by atoms with Crippen molar-refractivity contribution in [1.82, 2.24) is 9.55 Å². The van der Waals surface area contributed by atoms with Crippen LogP contribution in [0.15, 0.2) is 52.4 Å². The maximum absolute atomic E-state index is 12.1. The second-order valence-electron chi connectivity index (χ2n) is 5.99. The van der Waals surface area contributed by atoms with Crippen molar-refractivity contribution in [3.63, 3.8) is 0 Å². The van der Waals surface area contributed by atoms with Gasteiger partial charge in [-0.2, -0.15) is 5.10 Å². The van der Waals surface area contributed by atoms with Gasteiger partial charge < -0.3 is 5.11 Å². The number of aromatic nitrogens is 2. The van der Waals surface area contributed by atoms with E-state index in [1.54, 1.807) is 4.57 Å². The van der Waals surface area contributed by atoms with Crippen LogP contribution in [0.1, 0.15) is 24.4 Å². The molecule has 0 bridgehead atoms. The van der Waals surface area contributed by atoms with Gasteiger partial charge in [0.1, 0.15) is 5.56 Å². The predicted molar refractivity (Wildman–Crippen MR) is 101 cm³/mol. The first kappa shape index (κ1) is 15.6. The second-order valence-corrected chi connectivity index (χ2v) is 6.38. The Labute approximate surface area is 148 Å². The molecule has 1 aliphatic rings. The van der Waals surface area contributed by atoms with Crippen LogP contribution in [-0.2, 0) is 0 Å². The minimum atomic E-state index is -0.456. The van der Waals surface area contributed by atoms with Gasteiger partial charge in [-0.1, -0.05) is 36.4 Å². The number of hydrogen-bond donors (Lipinski definition) is 3. The van der Waals surface area contributed by atoms with Crippen LogP contribution in [0.4, 0.5) is 5.69 Å². The van der Waals surface area contributed by atoms with Gasteiger partial charge in [0.05, 0.1) is 11.9 Å². The van der Waals surface area contributed by atoms with Crippen molar-refractivity contribution in [3.05, 3.63) is 63.2 Å². The number of benzene rings is 2. The molecule has 3 aromatic rings. The van der Waals surface area contributed by atoms with Crippen molar-refractivity contribution >= 4 is 34.9 Å². The third-order valence-electron chi connectivity index (χ3n) is 4.23. The molecule has 0 radical (unpaired) electrons. The SMILES string of the molecule is O=c1[nH]c(=S)n(C2CC2)c(O)c1C=NNc1cccc2ccccc12. The summed E-state index contributed by atoms with van der Waals surface area (Å²) in [6.45, 7) is 0. The Morgan fingerprint density at radius 3 is 2.80 bits per heavy atom. The van der Waals surface area contributed by atoms with Crippen molar-refractivity contribution < 1.29 is 5.11 Å². The average molecular weight is 352 g/mol. The molecule has 7 heteroatoms. The zero-order valence-corrected chi connectivity index (χ0v) is 14.1. The van der Waals surface area contributed by atoms with Gasteiger partial charge in [-0.05, 0) is 36.5 Å². The number of H-pyrrole nitrogens is 1. The molecule has 1 aromatic heterocycles. The van der Waals surface area contributed by atoms with Crippen LogP contribution in [0.3, 0.4) is 0 Å². The van der Waals surface area contributed by atoms with E-state index < -0.39 is 5.56 Å². The van der Waals surface area contributed by atoms with Gasteiger partial charge in [0.2, 0.25) is 5.88 Å². The zero-order chi connectivity index (χ0) is 17.4. The first-order valence-corrected chi connectivity index (χ1v) is 8.40. The zero-order valence-electron chi connectivity index (χ0n) is 13.3.